The van der Waals surface area contributed by atoms with Crippen molar-refractivity contribution in [3.8, 4) is 6.07 Å². The van der Waals surface area contributed by atoms with Crippen molar-refractivity contribution in [1.29, 1.82) is 5.26 Å². The number of hydrogen-bond acceptors (Lipinski definition) is 4. The van der Waals surface area contributed by atoms with Crippen LogP contribution in [0.1, 0.15) is 19.8 Å². The van der Waals surface area contributed by atoms with E-state index in [2.05, 4.69) is 0 Å². The van der Waals surface area contributed by atoms with E-state index < -0.39 is 7.60 Å². The minimum atomic E-state index is -2.89. The molecule has 0 aromatic rings. The lowest BCUT2D eigenvalue weighted by molar-refractivity contribution is 0.212. The molecule has 0 heterocycles. The van der Waals surface area contributed by atoms with Crippen LogP contribution < -0.4 is 0 Å². The molecule has 0 amide bonds. The minimum Gasteiger partial charge on any atom is -0.309 e. The highest BCUT2D eigenvalue weighted by atomic mass is 31.2. The maximum Gasteiger partial charge on any atom is 0.327 e. The molecule has 0 spiro atoms. The summed E-state index contributed by atoms with van der Waals surface area (Å²) in [6, 6.07) is 1.89. The van der Waals surface area contributed by atoms with Crippen molar-refractivity contribution in [1.82, 2.24) is 0 Å². The average molecular weight is 191 g/mol. The fraction of sp³-hybridized carbons (Fsp3) is 0.857. The molecule has 5 heteroatoms. The van der Waals surface area contributed by atoms with E-state index in [0.717, 1.165) is 6.42 Å². The molecular formula is C7H14NO3P. The Hall–Kier alpha value is -0.360. The van der Waals surface area contributed by atoms with Crippen molar-refractivity contribution in [2.45, 2.75) is 19.8 Å². The van der Waals surface area contributed by atoms with Crippen molar-refractivity contribution in [3.05, 3.63) is 0 Å². The highest BCUT2D eigenvalue weighted by Crippen LogP contribution is 2.43. The topological polar surface area (TPSA) is 59.3 Å². The van der Waals surface area contributed by atoms with Crippen LogP contribution in [0.3, 0.4) is 0 Å². The lowest BCUT2D eigenvalue weighted by Crippen LogP contribution is -1.96. The van der Waals surface area contributed by atoms with Gasteiger partial charge in [-0.3, -0.25) is 4.57 Å². The molecule has 0 aliphatic rings. The Labute approximate surface area is 73.0 Å². The number of nitriles is 1. The molecule has 0 saturated heterocycles. The van der Waals surface area contributed by atoms with Gasteiger partial charge in [0.15, 0.2) is 0 Å². The molecule has 0 bridgehead atoms. The van der Waals surface area contributed by atoms with Gasteiger partial charge < -0.3 is 9.05 Å². The molecule has 70 valence electrons. The van der Waals surface area contributed by atoms with Crippen LogP contribution >= 0.6 is 7.60 Å². The molecule has 0 fully saturated rings. The smallest absolute Gasteiger partial charge is 0.309 e. The zero-order valence-corrected chi connectivity index (χ0v) is 8.34. The Morgan fingerprint density at radius 2 is 2.00 bits per heavy atom. The maximum absolute atomic E-state index is 11.3. The molecule has 0 radical (unpaired) electrons. The van der Waals surface area contributed by atoms with Crippen LogP contribution in [0.25, 0.3) is 0 Å². The fourth-order valence-corrected chi connectivity index (χ4v) is 1.56. The molecular weight excluding hydrogens is 177 g/mol. The lowest BCUT2D eigenvalue weighted by Gasteiger charge is -2.11. The van der Waals surface area contributed by atoms with E-state index in [4.69, 9.17) is 14.3 Å². The summed E-state index contributed by atoms with van der Waals surface area (Å²) in [7, 11) is -2.89. The van der Waals surface area contributed by atoms with E-state index in [1.165, 1.54) is 6.66 Å². The van der Waals surface area contributed by atoms with Crippen LogP contribution in [0, 0.1) is 11.3 Å². The van der Waals surface area contributed by atoms with Gasteiger partial charge in [0, 0.05) is 6.66 Å². The van der Waals surface area contributed by atoms with Gasteiger partial charge >= 0.3 is 7.60 Å². The molecule has 12 heavy (non-hydrogen) atoms. The van der Waals surface area contributed by atoms with Crippen molar-refractivity contribution in [2.24, 2.45) is 0 Å². The van der Waals surface area contributed by atoms with Crippen LogP contribution in [-0.2, 0) is 13.6 Å². The van der Waals surface area contributed by atoms with Crippen LogP contribution in [-0.4, -0.2) is 19.9 Å². The highest BCUT2D eigenvalue weighted by Gasteiger charge is 2.15. The summed E-state index contributed by atoms with van der Waals surface area (Å²) in [5, 5.41) is 8.18. The van der Waals surface area contributed by atoms with Gasteiger partial charge in [0.2, 0.25) is 0 Å². The highest BCUT2D eigenvalue weighted by molar-refractivity contribution is 7.52. The van der Waals surface area contributed by atoms with Gasteiger partial charge in [0.25, 0.3) is 0 Å². The summed E-state index contributed by atoms with van der Waals surface area (Å²) in [5.74, 6) is 0. The van der Waals surface area contributed by atoms with E-state index in [1.54, 1.807) is 0 Å². The van der Waals surface area contributed by atoms with E-state index in [9.17, 15) is 4.57 Å². The first-order chi connectivity index (χ1) is 5.62. The van der Waals surface area contributed by atoms with Crippen LogP contribution in [0.4, 0.5) is 0 Å². The summed E-state index contributed by atoms with van der Waals surface area (Å²) in [6.07, 6.45) is 1.05. The lowest BCUT2D eigenvalue weighted by atomic mass is 10.5. The maximum atomic E-state index is 11.3. The van der Waals surface area contributed by atoms with E-state index >= 15 is 0 Å². The summed E-state index contributed by atoms with van der Waals surface area (Å²) >= 11 is 0. The van der Waals surface area contributed by atoms with E-state index in [0.29, 0.717) is 6.61 Å². The first-order valence-corrected chi connectivity index (χ1v) is 5.85. The third-order valence-electron chi connectivity index (χ3n) is 1.07. The van der Waals surface area contributed by atoms with Gasteiger partial charge in [-0.2, -0.15) is 5.26 Å². The van der Waals surface area contributed by atoms with E-state index in [1.807, 2.05) is 13.0 Å². The summed E-state index contributed by atoms with van der Waals surface area (Å²) in [5.41, 5.74) is 0. The van der Waals surface area contributed by atoms with Gasteiger partial charge in [-0.1, -0.05) is 6.92 Å². The zero-order chi connectivity index (χ0) is 9.45. The van der Waals surface area contributed by atoms with Gasteiger partial charge in [0.05, 0.1) is 25.7 Å². The van der Waals surface area contributed by atoms with Crippen LogP contribution in [0.15, 0.2) is 0 Å². The second-order valence-corrected chi connectivity index (χ2v) is 4.40. The van der Waals surface area contributed by atoms with Crippen molar-refractivity contribution in [3.63, 3.8) is 0 Å². The Bertz CT molecular complexity index is 199. The summed E-state index contributed by atoms with van der Waals surface area (Å²) in [4.78, 5) is 0. The van der Waals surface area contributed by atoms with Gasteiger partial charge in [-0.25, -0.2) is 0 Å². The molecule has 1 atom stereocenters. The van der Waals surface area contributed by atoms with Gasteiger partial charge in [-0.15, -0.1) is 0 Å². The largest absolute Gasteiger partial charge is 0.327 e. The molecule has 0 saturated carbocycles. The Morgan fingerprint density at radius 3 is 2.50 bits per heavy atom. The number of hydrogen-bond donors (Lipinski definition) is 0. The number of nitrogens with zero attached hydrogens (tertiary/aromatic N) is 1. The quantitative estimate of drug-likeness (QED) is 0.476. The van der Waals surface area contributed by atoms with E-state index in [-0.39, 0.29) is 13.0 Å². The van der Waals surface area contributed by atoms with Crippen molar-refractivity contribution < 1.29 is 13.6 Å². The average Bonchev–Trinajstić information content (AvgIpc) is 2.01. The van der Waals surface area contributed by atoms with Gasteiger partial charge in [0.1, 0.15) is 0 Å². The molecule has 4 nitrogen and oxygen atoms in total. The predicted octanol–water partition coefficient (Wildman–Crippen LogP) is 2.17. The normalized spacial score (nSPS) is 15.1. The Balaban J connectivity index is 3.58. The van der Waals surface area contributed by atoms with Gasteiger partial charge in [-0.05, 0) is 6.42 Å². The first-order valence-electron chi connectivity index (χ1n) is 3.86. The Morgan fingerprint density at radius 1 is 1.42 bits per heavy atom. The SMILES string of the molecule is CCCOP(C)(=O)OCCC#N. The molecule has 0 aromatic heterocycles. The van der Waals surface area contributed by atoms with Crippen LogP contribution in [0.5, 0.6) is 0 Å². The molecule has 0 N–H and O–H groups in total. The molecule has 0 rings (SSSR count). The molecule has 0 aromatic carbocycles. The third-order valence-corrected chi connectivity index (χ3v) is 2.37. The third kappa shape index (κ3) is 6.36. The number of rotatable bonds is 6. The second-order valence-electron chi connectivity index (χ2n) is 2.35. The predicted molar refractivity (Wildman–Crippen MR) is 46.0 cm³/mol. The fourth-order valence-electron chi connectivity index (χ4n) is 0.551. The van der Waals surface area contributed by atoms with Crippen molar-refractivity contribution in [2.75, 3.05) is 19.9 Å². The minimum absolute atomic E-state index is 0.175. The zero-order valence-electron chi connectivity index (χ0n) is 7.45. The standard InChI is InChI=1S/C7H14NO3P/c1-3-6-10-12(2,9)11-7-4-5-8/h3-4,6-7H2,1-2H3. The monoisotopic (exact) mass is 191 g/mol. The Kier molecular flexibility index (Phi) is 6.00. The molecule has 1 unspecified atom stereocenters. The molecule has 0 aliphatic heterocycles. The first kappa shape index (κ1) is 11.6. The summed E-state index contributed by atoms with van der Waals surface area (Å²) in [6.45, 7) is 3.95. The molecule has 0 aliphatic carbocycles. The van der Waals surface area contributed by atoms with Crippen LogP contribution in [0.2, 0.25) is 0 Å². The van der Waals surface area contributed by atoms with Crippen molar-refractivity contribution >= 4 is 7.60 Å². The summed E-state index contributed by atoms with van der Waals surface area (Å²) < 4.78 is 21.1. The second kappa shape index (κ2) is 6.19.